The summed E-state index contributed by atoms with van der Waals surface area (Å²) in [5, 5.41) is 19.1. The summed E-state index contributed by atoms with van der Waals surface area (Å²) in [5.74, 6) is -0.280. The van der Waals surface area contributed by atoms with E-state index in [4.69, 9.17) is 5.11 Å². The van der Waals surface area contributed by atoms with Gasteiger partial charge in [-0.15, -0.1) is 0 Å². The molecule has 1 aliphatic rings. The van der Waals surface area contributed by atoms with Gasteiger partial charge in [0.1, 0.15) is 5.82 Å². The Balaban J connectivity index is 1.90. The van der Waals surface area contributed by atoms with Crippen LogP contribution in [0.5, 0.6) is 0 Å². The number of rotatable bonds is 6. The number of aliphatic hydroxyl groups excluding tert-OH is 2. The van der Waals surface area contributed by atoms with Crippen molar-refractivity contribution in [2.75, 3.05) is 19.7 Å². The Morgan fingerprint density at radius 2 is 2.05 bits per heavy atom. The summed E-state index contributed by atoms with van der Waals surface area (Å²) in [7, 11) is 0. The number of hydrogen-bond donors (Lipinski definition) is 2. The van der Waals surface area contributed by atoms with Gasteiger partial charge in [-0.25, -0.2) is 4.39 Å². The maximum Gasteiger partial charge on any atom is 0.123 e. The third-order valence-corrected chi connectivity index (χ3v) is 3.86. The zero-order valence-electron chi connectivity index (χ0n) is 11.1. The van der Waals surface area contributed by atoms with Gasteiger partial charge in [0.25, 0.3) is 0 Å². The van der Waals surface area contributed by atoms with Crippen LogP contribution in [0.1, 0.15) is 37.4 Å². The fraction of sp³-hybridized carbons (Fsp3) is 0.600. The second kappa shape index (κ2) is 6.98. The van der Waals surface area contributed by atoms with E-state index in [1.807, 2.05) is 0 Å². The normalized spacial score (nSPS) is 21.7. The van der Waals surface area contributed by atoms with Gasteiger partial charge in [0.05, 0.1) is 6.10 Å². The molecular formula is C15H22FNO2. The van der Waals surface area contributed by atoms with Gasteiger partial charge in [-0.2, -0.15) is 0 Å². The maximum absolute atomic E-state index is 12.8. The molecule has 1 aromatic rings. The first-order valence-corrected chi connectivity index (χ1v) is 6.99. The predicted molar refractivity (Wildman–Crippen MR) is 72.3 cm³/mol. The first-order chi connectivity index (χ1) is 9.20. The van der Waals surface area contributed by atoms with Crippen molar-refractivity contribution in [1.29, 1.82) is 0 Å². The number of benzene rings is 1. The molecule has 1 aromatic carbocycles. The second-order valence-corrected chi connectivity index (χ2v) is 5.22. The molecule has 1 saturated heterocycles. The molecule has 2 atom stereocenters. The molecular weight excluding hydrogens is 245 g/mol. The van der Waals surface area contributed by atoms with E-state index in [0.29, 0.717) is 12.6 Å². The minimum atomic E-state index is -0.574. The zero-order valence-corrected chi connectivity index (χ0v) is 11.1. The number of likely N-dealkylation sites (tertiary alicyclic amines) is 1. The zero-order chi connectivity index (χ0) is 13.7. The standard InChI is InChI=1S/C15H22FNO2/c16-13-7-5-12(6-8-13)15(19)11-17-9-1-3-14(17)4-2-10-18/h5-8,14-15,18-19H,1-4,9-11H2. The highest BCUT2D eigenvalue weighted by atomic mass is 19.1. The lowest BCUT2D eigenvalue weighted by Crippen LogP contribution is -2.33. The van der Waals surface area contributed by atoms with Gasteiger partial charge in [-0.3, -0.25) is 4.90 Å². The van der Waals surface area contributed by atoms with Crippen molar-refractivity contribution in [3.8, 4) is 0 Å². The smallest absolute Gasteiger partial charge is 0.123 e. The monoisotopic (exact) mass is 267 g/mol. The molecule has 1 fully saturated rings. The third kappa shape index (κ3) is 4.00. The summed E-state index contributed by atoms with van der Waals surface area (Å²) in [5.41, 5.74) is 0.759. The van der Waals surface area contributed by atoms with Crippen LogP contribution in [0.15, 0.2) is 24.3 Å². The van der Waals surface area contributed by atoms with Gasteiger partial charge in [0.15, 0.2) is 0 Å². The van der Waals surface area contributed by atoms with Gasteiger partial charge in [-0.05, 0) is 49.9 Å². The van der Waals surface area contributed by atoms with E-state index in [2.05, 4.69) is 4.90 Å². The van der Waals surface area contributed by atoms with E-state index in [9.17, 15) is 9.50 Å². The van der Waals surface area contributed by atoms with Crippen LogP contribution < -0.4 is 0 Å². The molecule has 0 aromatic heterocycles. The number of hydrogen-bond acceptors (Lipinski definition) is 3. The minimum Gasteiger partial charge on any atom is -0.396 e. The molecule has 3 nitrogen and oxygen atoms in total. The Kier molecular flexibility index (Phi) is 5.31. The Hall–Kier alpha value is -0.970. The molecule has 19 heavy (non-hydrogen) atoms. The van der Waals surface area contributed by atoms with Crippen molar-refractivity contribution in [1.82, 2.24) is 4.90 Å². The average molecular weight is 267 g/mol. The molecule has 0 spiro atoms. The van der Waals surface area contributed by atoms with Crippen LogP contribution in [-0.4, -0.2) is 40.9 Å². The van der Waals surface area contributed by atoms with Crippen molar-refractivity contribution in [3.63, 3.8) is 0 Å². The van der Waals surface area contributed by atoms with Crippen molar-refractivity contribution in [2.45, 2.75) is 37.8 Å². The molecule has 0 saturated carbocycles. The molecule has 4 heteroatoms. The predicted octanol–water partition coefficient (Wildman–Crippen LogP) is 2.10. The van der Waals surface area contributed by atoms with Gasteiger partial charge < -0.3 is 10.2 Å². The summed E-state index contributed by atoms with van der Waals surface area (Å²) >= 11 is 0. The first kappa shape index (κ1) is 14.4. The Bertz CT molecular complexity index is 382. The number of halogens is 1. The molecule has 106 valence electrons. The Morgan fingerprint density at radius 3 is 2.74 bits per heavy atom. The molecule has 0 radical (unpaired) electrons. The van der Waals surface area contributed by atoms with Crippen LogP contribution in [0.3, 0.4) is 0 Å². The molecule has 2 rings (SSSR count). The van der Waals surface area contributed by atoms with Crippen molar-refractivity contribution in [3.05, 3.63) is 35.6 Å². The topological polar surface area (TPSA) is 43.7 Å². The van der Waals surface area contributed by atoms with Crippen molar-refractivity contribution in [2.24, 2.45) is 0 Å². The molecule has 0 amide bonds. The van der Waals surface area contributed by atoms with E-state index in [1.165, 1.54) is 12.1 Å². The second-order valence-electron chi connectivity index (χ2n) is 5.22. The van der Waals surface area contributed by atoms with E-state index in [-0.39, 0.29) is 12.4 Å². The number of nitrogens with zero attached hydrogens (tertiary/aromatic N) is 1. The van der Waals surface area contributed by atoms with E-state index in [1.54, 1.807) is 12.1 Å². The Morgan fingerprint density at radius 1 is 1.32 bits per heavy atom. The van der Waals surface area contributed by atoms with Crippen LogP contribution in [0.4, 0.5) is 4.39 Å². The number of β-amino-alcohol motifs (C(OH)–C–C–N with tert-alkyl or cyclic N) is 1. The molecule has 1 aliphatic heterocycles. The quantitative estimate of drug-likeness (QED) is 0.829. The summed E-state index contributed by atoms with van der Waals surface area (Å²) in [6, 6.07) is 6.50. The van der Waals surface area contributed by atoms with Crippen LogP contribution in [0.25, 0.3) is 0 Å². The lowest BCUT2D eigenvalue weighted by atomic mass is 10.1. The highest BCUT2D eigenvalue weighted by molar-refractivity contribution is 5.18. The van der Waals surface area contributed by atoms with Gasteiger partial charge in [-0.1, -0.05) is 12.1 Å². The largest absolute Gasteiger partial charge is 0.396 e. The van der Waals surface area contributed by atoms with E-state index < -0.39 is 6.10 Å². The number of aliphatic hydroxyl groups is 2. The van der Waals surface area contributed by atoms with Crippen LogP contribution >= 0.6 is 0 Å². The molecule has 0 aliphatic carbocycles. The van der Waals surface area contributed by atoms with Crippen LogP contribution in [0, 0.1) is 5.82 Å². The van der Waals surface area contributed by atoms with Gasteiger partial charge in [0.2, 0.25) is 0 Å². The fourth-order valence-corrected chi connectivity index (χ4v) is 2.80. The minimum absolute atomic E-state index is 0.227. The Labute approximate surface area is 113 Å². The first-order valence-electron chi connectivity index (χ1n) is 6.99. The fourth-order valence-electron chi connectivity index (χ4n) is 2.80. The van der Waals surface area contributed by atoms with Gasteiger partial charge >= 0.3 is 0 Å². The summed E-state index contributed by atoms with van der Waals surface area (Å²) in [4.78, 5) is 2.28. The van der Waals surface area contributed by atoms with E-state index in [0.717, 1.165) is 37.8 Å². The molecule has 1 heterocycles. The highest BCUT2D eigenvalue weighted by Crippen LogP contribution is 2.24. The lowest BCUT2D eigenvalue weighted by Gasteiger charge is -2.26. The lowest BCUT2D eigenvalue weighted by molar-refractivity contribution is 0.101. The molecule has 0 bridgehead atoms. The van der Waals surface area contributed by atoms with Crippen LogP contribution in [-0.2, 0) is 0 Å². The highest BCUT2D eigenvalue weighted by Gasteiger charge is 2.26. The molecule has 2 unspecified atom stereocenters. The summed E-state index contributed by atoms with van der Waals surface area (Å²) in [6.07, 6.45) is 3.50. The third-order valence-electron chi connectivity index (χ3n) is 3.86. The van der Waals surface area contributed by atoms with E-state index >= 15 is 0 Å². The maximum atomic E-state index is 12.8. The van der Waals surface area contributed by atoms with Crippen molar-refractivity contribution >= 4 is 0 Å². The van der Waals surface area contributed by atoms with Gasteiger partial charge in [0, 0.05) is 19.2 Å². The molecule has 2 N–H and O–H groups in total. The summed E-state index contributed by atoms with van der Waals surface area (Å²) < 4.78 is 12.8. The van der Waals surface area contributed by atoms with Crippen molar-refractivity contribution < 1.29 is 14.6 Å². The van der Waals surface area contributed by atoms with Crippen LogP contribution in [0.2, 0.25) is 0 Å². The average Bonchev–Trinajstić information content (AvgIpc) is 2.84. The summed E-state index contributed by atoms with van der Waals surface area (Å²) in [6.45, 7) is 1.81. The SMILES string of the molecule is OCCCC1CCCN1CC(O)c1ccc(F)cc1.